The van der Waals surface area contributed by atoms with E-state index in [4.69, 9.17) is 22.1 Å². The highest BCUT2D eigenvalue weighted by molar-refractivity contribution is 6.33. The third-order valence-electron chi connectivity index (χ3n) is 2.73. The summed E-state index contributed by atoms with van der Waals surface area (Å²) in [6.45, 7) is 0. The van der Waals surface area contributed by atoms with Crippen molar-refractivity contribution in [2.45, 2.75) is 0 Å². The van der Waals surface area contributed by atoms with Gasteiger partial charge in [0.05, 0.1) is 15.5 Å². The van der Waals surface area contributed by atoms with Crippen molar-refractivity contribution in [2.24, 2.45) is 5.73 Å². The number of primary amides is 1. The van der Waals surface area contributed by atoms with E-state index in [0.29, 0.717) is 0 Å². The standard InChI is InChI=1S/C14H9ClN2O5/c15-12-7-9(17(20)21)3-6-11(12)14(19)22-10-4-1-8(2-5-10)13(16)18/h1-7H,(H2,16,18). The Hall–Kier alpha value is -2.93. The van der Waals surface area contributed by atoms with Crippen molar-refractivity contribution in [3.05, 3.63) is 68.7 Å². The average Bonchev–Trinajstić information content (AvgIpc) is 2.47. The number of nitro benzene ring substituents is 1. The van der Waals surface area contributed by atoms with Gasteiger partial charge in [0.2, 0.25) is 5.91 Å². The zero-order chi connectivity index (χ0) is 16.3. The van der Waals surface area contributed by atoms with E-state index in [1.807, 2.05) is 0 Å². The number of carbonyl (C=O) groups is 2. The molecule has 2 rings (SSSR count). The van der Waals surface area contributed by atoms with Crippen molar-refractivity contribution in [3.8, 4) is 5.75 Å². The first kappa shape index (κ1) is 15.5. The maximum atomic E-state index is 12.0. The summed E-state index contributed by atoms with van der Waals surface area (Å²) in [6.07, 6.45) is 0. The molecular formula is C14H9ClN2O5. The number of esters is 1. The maximum absolute atomic E-state index is 12.0. The van der Waals surface area contributed by atoms with Crippen LogP contribution in [0.2, 0.25) is 5.02 Å². The van der Waals surface area contributed by atoms with Gasteiger partial charge in [0.25, 0.3) is 5.69 Å². The largest absolute Gasteiger partial charge is 0.423 e. The predicted octanol–water partition coefficient (Wildman–Crippen LogP) is 2.57. The number of hydrogen-bond acceptors (Lipinski definition) is 5. The zero-order valence-electron chi connectivity index (χ0n) is 11.0. The van der Waals surface area contributed by atoms with Gasteiger partial charge in [-0.2, -0.15) is 0 Å². The van der Waals surface area contributed by atoms with Gasteiger partial charge in [-0.15, -0.1) is 0 Å². The van der Waals surface area contributed by atoms with Crippen LogP contribution in [0.3, 0.4) is 0 Å². The van der Waals surface area contributed by atoms with E-state index in [1.165, 1.54) is 30.3 Å². The normalized spacial score (nSPS) is 10.0. The highest BCUT2D eigenvalue weighted by Gasteiger charge is 2.16. The molecule has 2 aromatic carbocycles. The predicted molar refractivity (Wildman–Crippen MR) is 78.0 cm³/mol. The minimum Gasteiger partial charge on any atom is -0.423 e. The van der Waals surface area contributed by atoms with Gasteiger partial charge in [-0.25, -0.2) is 4.79 Å². The van der Waals surface area contributed by atoms with E-state index in [9.17, 15) is 19.7 Å². The van der Waals surface area contributed by atoms with Crippen LogP contribution in [-0.2, 0) is 0 Å². The number of halogens is 1. The van der Waals surface area contributed by atoms with E-state index >= 15 is 0 Å². The van der Waals surface area contributed by atoms with Crippen molar-refractivity contribution in [3.63, 3.8) is 0 Å². The van der Waals surface area contributed by atoms with Crippen LogP contribution in [-0.4, -0.2) is 16.8 Å². The third kappa shape index (κ3) is 3.39. The number of benzene rings is 2. The van der Waals surface area contributed by atoms with E-state index in [-0.39, 0.29) is 27.6 Å². The summed E-state index contributed by atoms with van der Waals surface area (Å²) in [7, 11) is 0. The van der Waals surface area contributed by atoms with Crippen LogP contribution in [0.25, 0.3) is 0 Å². The highest BCUT2D eigenvalue weighted by atomic mass is 35.5. The van der Waals surface area contributed by atoms with Crippen molar-refractivity contribution in [1.82, 2.24) is 0 Å². The summed E-state index contributed by atoms with van der Waals surface area (Å²) in [5.74, 6) is -1.19. The van der Waals surface area contributed by atoms with Gasteiger partial charge in [0, 0.05) is 17.7 Å². The summed E-state index contributed by atoms with van der Waals surface area (Å²) >= 11 is 5.83. The molecule has 0 aromatic heterocycles. The third-order valence-corrected chi connectivity index (χ3v) is 3.05. The number of non-ortho nitro benzene ring substituents is 1. The summed E-state index contributed by atoms with van der Waals surface area (Å²) in [5.41, 5.74) is 5.13. The van der Waals surface area contributed by atoms with Crippen molar-refractivity contribution in [1.29, 1.82) is 0 Å². The Morgan fingerprint density at radius 3 is 2.27 bits per heavy atom. The van der Waals surface area contributed by atoms with Crippen LogP contribution in [0.5, 0.6) is 5.75 Å². The fourth-order valence-electron chi connectivity index (χ4n) is 1.63. The quantitative estimate of drug-likeness (QED) is 0.402. The fraction of sp³-hybridized carbons (Fsp3) is 0. The molecule has 0 spiro atoms. The second-order valence-electron chi connectivity index (χ2n) is 4.20. The number of hydrogen-bond donors (Lipinski definition) is 1. The Morgan fingerprint density at radius 2 is 1.77 bits per heavy atom. The summed E-state index contributed by atoms with van der Waals surface area (Å²) in [5, 5.41) is 10.5. The monoisotopic (exact) mass is 320 g/mol. The van der Waals surface area contributed by atoms with E-state index in [2.05, 4.69) is 0 Å². The number of amides is 1. The molecule has 0 aliphatic carbocycles. The molecular weight excluding hydrogens is 312 g/mol. The van der Waals surface area contributed by atoms with Crippen LogP contribution >= 0.6 is 11.6 Å². The second-order valence-corrected chi connectivity index (χ2v) is 4.61. The van der Waals surface area contributed by atoms with Gasteiger partial charge in [-0.05, 0) is 30.3 Å². The zero-order valence-corrected chi connectivity index (χ0v) is 11.7. The molecule has 0 unspecified atom stereocenters. The molecule has 0 saturated carbocycles. The van der Waals surface area contributed by atoms with E-state index in [0.717, 1.165) is 12.1 Å². The number of nitrogens with two attached hydrogens (primary N) is 1. The molecule has 0 saturated heterocycles. The van der Waals surface area contributed by atoms with Crippen LogP contribution < -0.4 is 10.5 Å². The molecule has 112 valence electrons. The second kappa shape index (κ2) is 6.23. The Labute approximate surface area is 129 Å². The van der Waals surface area contributed by atoms with Crippen molar-refractivity contribution < 1.29 is 19.2 Å². The SMILES string of the molecule is NC(=O)c1ccc(OC(=O)c2ccc([N+](=O)[O-])cc2Cl)cc1. The summed E-state index contributed by atoms with van der Waals surface area (Å²) in [4.78, 5) is 32.9. The van der Waals surface area contributed by atoms with Crippen molar-refractivity contribution in [2.75, 3.05) is 0 Å². The Bertz CT molecular complexity index is 758. The molecule has 8 heteroatoms. The van der Waals surface area contributed by atoms with Crippen molar-refractivity contribution >= 4 is 29.2 Å². The lowest BCUT2D eigenvalue weighted by Gasteiger charge is -2.06. The Kier molecular flexibility index (Phi) is 4.38. The molecule has 0 heterocycles. The minimum absolute atomic E-state index is 0.00811. The van der Waals surface area contributed by atoms with Crippen LogP contribution in [0.4, 0.5) is 5.69 Å². The molecule has 0 aliphatic heterocycles. The molecule has 7 nitrogen and oxygen atoms in total. The highest BCUT2D eigenvalue weighted by Crippen LogP contribution is 2.24. The molecule has 0 radical (unpaired) electrons. The first-order valence-corrected chi connectivity index (χ1v) is 6.32. The molecule has 22 heavy (non-hydrogen) atoms. The van der Waals surface area contributed by atoms with Crippen LogP contribution in [0, 0.1) is 10.1 Å². The van der Waals surface area contributed by atoms with Crippen LogP contribution in [0.1, 0.15) is 20.7 Å². The van der Waals surface area contributed by atoms with Gasteiger partial charge in [0.15, 0.2) is 0 Å². The molecule has 0 atom stereocenters. The van der Waals surface area contributed by atoms with Crippen LogP contribution in [0.15, 0.2) is 42.5 Å². The number of carbonyl (C=O) groups excluding carboxylic acids is 2. The van der Waals surface area contributed by atoms with Gasteiger partial charge in [-0.1, -0.05) is 11.6 Å². The van der Waals surface area contributed by atoms with Gasteiger partial charge < -0.3 is 10.5 Å². The molecule has 0 fully saturated rings. The fourth-order valence-corrected chi connectivity index (χ4v) is 1.88. The lowest BCUT2D eigenvalue weighted by molar-refractivity contribution is -0.384. The first-order valence-electron chi connectivity index (χ1n) is 5.94. The Balaban J connectivity index is 2.18. The number of ether oxygens (including phenoxy) is 1. The van der Waals surface area contributed by atoms with E-state index in [1.54, 1.807) is 0 Å². The summed E-state index contributed by atoms with van der Waals surface area (Å²) < 4.78 is 5.07. The number of nitrogens with zero attached hydrogens (tertiary/aromatic N) is 1. The number of nitro groups is 1. The molecule has 0 aliphatic rings. The smallest absolute Gasteiger partial charge is 0.345 e. The lowest BCUT2D eigenvalue weighted by atomic mass is 10.2. The summed E-state index contributed by atoms with van der Waals surface area (Å²) in [6, 6.07) is 9.03. The van der Waals surface area contributed by atoms with Gasteiger partial charge >= 0.3 is 5.97 Å². The minimum atomic E-state index is -0.772. The first-order chi connectivity index (χ1) is 10.4. The molecule has 2 aromatic rings. The Morgan fingerprint density at radius 1 is 1.14 bits per heavy atom. The molecule has 1 amide bonds. The molecule has 0 bridgehead atoms. The molecule has 2 N–H and O–H groups in total. The average molecular weight is 321 g/mol. The van der Waals surface area contributed by atoms with E-state index < -0.39 is 16.8 Å². The maximum Gasteiger partial charge on any atom is 0.345 e. The van der Waals surface area contributed by atoms with Gasteiger partial charge in [-0.3, -0.25) is 14.9 Å². The number of rotatable bonds is 4. The topological polar surface area (TPSA) is 113 Å². The van der Waals surface area contributed by atoms with Gasteiger partial charge in [0.1, 0.15) is 5.75 Å². The lowest BCUT2D eigenvalue weighted by Crippen LogP contribution is -2.12.